The Morgan fingerprint density at radius 2 is 1.68 bits per heavy atom. The van der Waals surface area contributed by atoms with Crippen molar-refractivity contribution < 1.29 is 26.3 Å². The van der Waals surface area contributed by atoms with Crippen LogP contribution in [0.3, 0.4) is 0 Å². The van der Waals surface area contributed by atoms with Crippen LogP contribution in [0.1, 0.15) is 11.3 Å². The fourth-order valence-electron chi connectivity index (χ4n) is 2.65. The fraction of sp³-hybridized carbons (Fsp3) is 0.167. The highest BCUT2D eigenvalue weighted by Gasteiger charge is 2.35. The van der Waals surface area contributed by atoms with Crippen molar-refractivity contribution in [3.8, 4) is 22.7 Å². The molecule has 2 aromatic carbocycles. The monoisotopic (exact) mass is 411 g/mol. The summed E-state index contributed by atoms with van der Waals surface area (Å²) in [5.41, 5.74) is 0.471. The van der Waals surface area contributed by atoms with Gasteiger partial charge in [0.05, 0.1) is 24.2 Å². The van der Waals surface area contributed by atoms with Gasteiger partial charge in [0.15, 0.2) is 5.69 Å². The average Bonchev–Trinajstić information content (AvgIpc) is 3.07. The van der Waals surface area contributed by atoms with Gasteiger partial charge in [-0.15, -0.1) is 0 Å². The number of methoxy groups -OCH3 is 1. The molecule has 1 heterocycles. The maximum absolute atomic E-state index is 13.2. The largest absolute Gasteiger partial charge is 0.497 e. The molecule has 28 heavy (non-hydrogen) atoms. The molecular weight excluding hydrogens is 395 g/mol. The molecule has 0 spiro atoms. The molecule has 0 aliphatic rings. The number of nitrogens with zero attached hydrogens (tertiary/aromatic N) is 2. The number of aromatic nitrogens is 2. The van der Waals surface area contributed by atoms with E-state index < -0.39 is 21.9 Å². The van der Waals surface area contributed by atoms with Gasteiger partial charge >= 0.3 is 6.18 Å². The Hall–Kier alpha value is -2.85. The summed E-state index contributed by atoms with van der Waals surface area (Å²) in [6.07, 6.45) is -4.61. The number of halogens is 3. The molecule has 0 radical (unpaired) electrons. The smallest absolute Gasteiger partial charge is 0.435 e. The second-order valence-corrected chi connectivity index (χ2v) is 7.64. The van der Waals surface area contributed by atoms with E-state index in [-0.39, 0.29) is 11.4 Å². The molecule has 10 heteroatoms. The summed E-state index contributed by atoms with van der Waals surface area (Å²) in [7, 11) is -2.22. The van der Waals surface area contributed by atoms with Gasteiger partial charge in [-0.1, -0.05) is 12.1 Å². The maximum atomic E-state index is 13.2. The Kier molecular flexibility index (Phi) is 5.18. The molecule has 0 fully saturated rings. The van der Waals surface area contributed by atoms with Crippen molar-refractivity contribution in [2.75, 3.05) is 7.11 Å². The Morgan fingerprint density at radius 3 is 2.18 bits per heavy atom. The van der Waals surface area contributed by atoms with Crippen molar-refractivity contribution in [1.29, 1.82) is 0 Å². The van der Waals surface area contributed by atoms with Gasteiger partial charge in [0.2, 0.25) is 10.0 Å². The van der Waals surface area contributed by atoms with Crippen molar-refractivity contribution >= 4 is 10.0 Å². The van der Waals surface area contributed by atoms with Crippen LogP contribution in [0, 0.1) is 0 Å². The van der Waals surface area contributed by atoms with Gasteiger partial charge in [-0.25, -0.2) is 18.2 Å². The Morgan fingerprint density at radius 1 is 1.07 bits per heavy atom. The Bertz CT molecular complexity index is 1070. The predicted molar refractivity (Wildman–Crippen MR) is 97.4 cm³/mol. The van der Waals surface area contributed by atoms with Crippen LogP contribution in [0.2, 0.25) is 0 Å². The van der Waals surface area contributed by atoms with Crippen molar-refractivity contribution in [3.63, 3.8) is 0 Å². The zero-order valence-electron chi connectivity index (χ0n) is 14.6. The van der Waals surface area contributed by atoms with E-state index in [1.54, 1.807) is 24.3 Å². The molecular formula is C18H16F3N3O3S. The van der Waals surface area contributed by atoms with Crippen LogP contribution in [0.5, 0.6) is 5.75 Å². The predicted octanol–water partition coefficient (Wildman–Crippen LogP) is 3.36. The molecule has 148 valence electrons. The lowest BCUT2D eigenvalue weighted by molar-refractivity contribution is -0.141. The molecule has 1 aromatic heterocycles. The van der Waals surface area contributed by atoms with Gasteiger partial charge in [-0.2, -0.15) is 18.3 Å². The Labute approximate surface area is 159 Å². The number of ether oxygens (including phenoxy) is 1. The number of benzene rings is 2. The number of sulfonamides is 1. The Balaban J connectivity index is 2.07. The molecule has 0 bridgehead atoms. The molecule has 0 saturated heterocycles. The summed E-state index contributed by atoms with van der Waals surface area (Å²) in [5.74, 6) is 0.198. The second kappa shape index (κ2) is 7.28. The molecule has 3 rings (SSSR count). The normalized spacial score (nSPS) is 12.2. The molecule has 0 atom stereocenters. The molecule has 0 amide bonds. The first-order valence-corrected chi connectivity index (χ1v) is 9.70. The summed E-state index contributed by atoms with van der Waals surface area (Å²) >= 11 is 0. The van der Waals surface area contributed by atoms with E-state index in [4.69, 9.17) is 9.88 Å². The standard InChI is InChI=1S/C18H16F3N3O3S/c1-27-15-8-4-13(5-9-15)16-10-17(18(19,20)21)23-24(16)14-6-2-12(3-7-14)11-28(22,25)26/h2-10H,11H2,1H3,(H2,22,25,26). The van der Waals surface area contributed by atoms with Gasteiger partial charge in [0.1, 0.15) is 5.75 Å². The molecule has 6 nitrogen and oxygen atoms in total. The van der Waals surface area contributed by atoms with Crippen LogP contribution in [0.4, 0.5) is 13.2 Å². The van der Waals surface area contributed by atoms with Crippen LogP contribution in [-0.4, -0.2) is 25.3 Å². The number of rotatable bonds is 5. The highest BCUT2D eigenvalue weighted by molar-refractivity contribution is 7.88. The van der Waals surface area contributed by atoms with E-state index in [0.717, 1.165) is 10.7 Å². The maximum Gasteiger partial charge on any atom is 0.435 e. The van der Waals surface area contributed by atoms with Crippen LogP contribution in [-0.2, 0) is 22.0 Å². The molecule has 0 aliphatic carbocycles. The zero-order chi connectivity index (χ0) is 20.5. The lowest BCUT2D eigenvalue weighted by atomic mass is 10.1. The summed E-state index contributed by atoms with van der Waals surface area (Å²) < 4.78 is 68.2. The van der Waals surface area contributed by atoms with Crippen LogP contribution in [0.25, 0.3) is 16.9 Å². The summed E-state index contributed by atoms with van der Waals surface area (Å²) in [6.45, 7) is 0. The van der Waals surface area contributed by atoms with Crippen LogP contribution >= 0.6 is 0 Å². The third-order valence-electron chi connectivity index (χ3n) is 3.93. The number of nitrogens with two attached hydrogens (primary N) is 1. The molecule has 0 aliphatic heterocycles. The second-order valence-electron chi connectivity index (χ2n) is 6.03. The minimum absolute atomic E-state index is 0.231. The van der Waals surface area contributed by atoms with Gasteiger partial charge in [0, 0.05) is 5.56 Å². The molecule has 2 N–H and O–H groups in total. The third-order valence-corrected chi connectivity index (χ3v) is 4.67. The first-order chi connectivity index (χ1) is 13.1. The van der Waals surface area contributed by atoms with Crippen molar-refractivity contribution in [1.82, 2.24) is 9.78 Å². The molecule has 0 saturated carbocycles. The van der Waals surface area contributed by atoms with Crippen molar-refractivity contribution in [2.24, 2.45) is 5.14 Å². The molecule has 3 aromatic rings. The van der Waals surface area contributed by atoms with Gasteiger partial charge in [-0.05, 0) is 48.0 Å². The van der Waals surface area contributed by atoms with E-state index >= 15 is 0 Å². The average molecular weight is 411 g/mol. The zero-order valence-corrected chi connectivity index (χ0v) is 15.5. The summed E-state index contributed by atoms with van der Waals surface area (Å²) in [6, 6.07) is 13.4. The van der Waals surface area contributed by atoms with E-state index in [0.29, 0.717) is 22.6 Å². The van der Waals surface area contributed by atoms with Gasteiger partial charge in [0.25, 0.3) is 0 Å². The van der Waals surface area contributed by atoms with Gasteiger partial charge in [-0.3, -0.25) is 0 Å². The SMILES string of the molecule is COc1ccc(-c2cc(C(F)(F)F)nn2-c2ccc(CS(N)(=O)=O)cc2)cc1. The van der Waals surface area contributed by atoms with Crippen LogP contribution < -0.4 is 9.88 Å². The third kappa shape index (κ3) is 4.52. The lowest BCUT2D eigenvalue weighted by Gasteiger charge is -2.09. The van der Waals surface area contributed by atoms with Crippen molar-refractivity contribution in [3.05, 3.63) is 65.9 Å². The highest BCUT2D eigenvalue weighted by atomic mass is 32.2. The molecule has 0 unspecified atom stereocenters. The minimum atomic E-state index is -4.61. The number of hydrogen-bond donors (Lipinski definition) is 1. The van der Waals surface area contributed by atoms with E-state index in [2.05, 4.69) is 5.10 Å². The van der Waals surface area contributed by atoms with E-state index in [1.165, 1.54) is 31.4 Å². The van der Waals surface area contributed by atoms with Crippen LogP contribution in [0.15, 0.2) is 54.6 Å². The first kappa shape index (κ1) is 19.9. The lowest BCUT2D eigenvalue weighted by Crippen LogP contribution is -2.14. The van der Waals surface area contributed by atoms with E-state index in [9.17, 15) is 21.6 Å². The topological polar surface area (TPSA) is 87.2 Å². The van der Waals surface area contributed by atoms with Gasteiger partial charge < -0.3 is 4.74 Å². The summed E-state index contributed by atoms with van der Waals surface area (Å²) in [5, 5.41) is 8.70. The highest BCUT2D eigenvalue weighted by Crippen LogP contribution is 2.33. The van der Waals surface area contributed by atoms with E-state index in [1.807, 2.05) is 0 Å². The first-order valence-electron chi connectivity index (χ1n) is 7.98. The van der Waals surface area contributed by atoms with Crippen molar-refractivity contribution in [2.45, 2.75) is 11.9 Å². The fourth-order valence-corrected chi connectivity index (χ4v) is 3.31. The number of primary sulfonamides is 1. The number of hydrogen-bond acceptors (Lipinski definition) is 4. The summed E-state index contributed by atoms with van der Waals surface area (Å²) in [4.78, 5) is 0. The number of alkyl halides is 3. The minimum Gasteiger partial charge on any atom is -0.497 e. The quantitative estimate of drug-likeness (QED) is 0.698.